The number of aromatic nitrogens is 2. The number of thiophene rings is 2. The lowest BCUT2D eigenvalue weighted by Gasteiger charge is -2.07. The van der Waals surface area contributed by atoms with Crippen molar-refractivity contribution >= 4 is 58.2 Å². The monoisotopic (exact) mass is 524 g/mol. The predicted molar refractivity (Wildman–Crippen MR) is 146 cm³/mol. The Bertz CT molecular complexity index is 1530. The summed E-state index contributed by atoms with van der Waals surface area (Å²) in [7, 11) is 4.08. The number of rotatable bonds is 8. The Labute approximate surface area is 213 Å². The first-order valence-electron chi connectivity index (χ1n) is 10.8. The number of thioether (sulfide) groups is 1. The lowest BCUT2D eigenvalue weighted by atomic mass is 10.2. The Morgan fingerprint density at radius 2 is 1.71 bits per heavy atom. The van der Waals surface area contributed by atoms with Crippen molar-refractivity contribution in [2.75, 3.05) is 31.7 Å². The smallest absolute Gasteiger partial charge is 0.272 e. The molecular weight excluding hydrogens is 501 g/mol. The second-order valence-corrected chi connectivity index (χ2v) is 11.3. The first kappa shape index (κ1) is 24.9. The standard InChI is InChI=1S/C25H24N4O3S3/c1-29(2)11-13-34-22-10-9-18(35-22)15-20-24(31)27-19(23(30)28-20)14-16-5-7-17(8-6-16)26-25(32)21-4-3-12-33-21/h3-10,12,14-15H,11,13H2,1-2H3,(H,26,32)(H,27,31)(H,28,30)/b19-14-,20-15-. The quantitative estimate of drug-likeness (QED) is 0.308. The van der Waals surface area contributed by atoms with Crippen LogP contribution in [0.2, 0.25) is 0 Å². The Morgan fingerprint density at radius 3 is 2.37 bits per heavy atom. The van der Waals surface area contributed by atoms with Crippen molar-refractivity contribution in [2.45, 2.75) is 4.21 Å². The third-order valence-electron chi connectivity index (χ3n) is 4.88. The minimum Gasteiger partial charge on any atom is -0.321 e. The van der Waals surface area contributed by atoms with E-state index >= 15 is 0 Å². The number of aromatic amines is 2. The number of carbonyl (C=O) groups is 1. The summed E-state index contributed by atoms with van der Waals surface area (Å²) >= 11 is 4.72. The average Bonchev–Trinajstić information content (AvgIpc) is 3.51. The molecule has 3 N–H and O–H groups in total. The number of H-pyrrole nitrogens is 2. The minimum atomic E-state index is -0.386. The second-order valence-electron chi connectivity index (χ2n) is 7.89. The Kier molecular flexibility index (Phi) is 8.19. The molecule has 4 rings (SSSR count). The highest BCUT2D eigenvalue weighted by Crippen LogP contribution is 2.27. The van der Waals surface area contributed by atoms with Crippen LogP contribution in [0.25, 0.3) is 12.2 Å². The maximum Gasteiger partial charge on any atom is 0.272 e. The molecule has 0 spiro atoms. The molecule has 0 aliphatic rings. The third kappa shape index (κ3) is 6.92. The molecule has 0 aliphatic carbocycles. The van der Waals surface area contributed by atoms with Crippen molar-refractivity contribution in [2.24, 2.45) is 0 Å². The van der Waals surface area contributed by atoms with Gasteiger partial charge >= 0.3 is 0 Å². The first-order chi connectivity index (χ1) is 16.9. The molecule has 0 saturated heterocycles. The summed E-state index contributed by atoms with van der Waals surface area (Å²) in [4.78, 5) is 46.4. The van der Waals surface area contributed by atoms with Crippen LogP contribution in [0.1, 0.15) is 20.1 Å². The van der Waals surface area contributed by atoms with E-state index in [0.717, 1.165) is 26.9 Å². The number of hydrogen-bond acceptors (Lipinski definition) is 7. The number of carbonyl (C=O) groups excluding carboxylic acids is 1. The van der Waals surface area contributed by atoms with Crippen molar-refractivity contribution in [3.63, 3.8) is 0 Å². The number of nitrogens with zero attached hydrogens (tertiary/aromatic N) is 1. The van der Waals surface area contributed by atoms with E-state index in [2.05, 4.69) is 20.2 Å². The highest BCUT2D eigenvalue weighted by molar-refractivity contribution is 8.01. The van der Waals surface area contributed by atoms with Crippen LogP contribution in [0.15, 0.2) is 67.7 Å². The number of nitrogens with one attached hydrogen (secondary N) is 3. The molecule has 10 heteroatoms. The van der Waals surface area contributed by atoms with Crippen molar-refractivity contribution in [1.82, 2.24) is 14.9 Å². The molecule has 0 saturated carbocycles. The summed E-state index contributed by atoms with van der Waals surface area (Å²) in [6, 6.07) is 14.6. The maximum absolute atomic E-state index is 12.6. The van der Waals surface area contributed by atoms with Gasteiger partial charge in [0.05, 0.1) is 9.09 Å². The van der Waals surface area contributed by atoms with E-state index in [9.17, 15) is 14.4 Å². The number of benzene rings is 1. The lowest BCUT2D eigenvalue weighted by molar-refractivity contribution is 0.103. The Hall–Kier alpha value is -3.18. The summed E-state index contributed by atoms with van der Waals surface area (Å²) in [5, 5.41) is 5.05. The Morgan fingerprint density at radius 1 is 1.00 bits per heavy atom. The van der Waals surface area contributed by atoms with E-state index in [-0.39, 0.29) is 27.7 Å². The summed E-state index contributed by atoms with van der Waals surface area (Å²) in [5.41, 5.74) is 0.603. The van der Waals surface area contributed by atoms with E-state index in [4.69, 9.17) is 0 Å². The molecular formula is C25H24N4O3S3. The number of anilines is 1. The molecule has 3 heterocycles. The van der Waals surface area contributed by atoms with Gasteiger partial charge in [-0.15, -0.1) is 34.4 Å². The van der Waals surface area contributed by atoms with Crippen LogP contribution in [-0.4, -0.2) is 47.2 Å². The van der Waals surface area contributed by atoms with Gasteiger partial charge in [0.15, 0.2) is 0 Å². The van der Waals surface area contributed by atoms with Gasteiger partial charge in [-0.05, 0) is 67.5 Å². The average molecular weight is 525 g/mol. The van der Waals surface area contributed by atoms with Crippen LogP contribution < -0.4 is 27.1 Å². The summed E-state index contributed by atoms with van der Waals surface area (Å²) in [6.07, 6.45) is 3.29. The molecule has 1 amide bonds. The Balaban J connectivity index is 1.50. The van der Waals surface area contributed by atoms with E-state index in [0.29, 0.717) is 10.6 Å². The molecule has 7 nitrogen and oxygen atoms in total. The number of hydrogen-bond donors (Lipinski definition) is 3. The van der Waals surface area contributed by atoms with Crippen LogP contribution in [-0.2, 0) is 0 Å². The molecule has 4 aromatic rings. The number of amides is 1. The topological polar surface area (TPSA) is 98.1 Å². The van der Waals surface area contributed by atoms with E-state index < -0.39 is 0 Å². The predicted octanol–water partition coefficient (Wildman–Crippen LogP) is 2.75. The zero-order valence-electron chi connectivity index (χ0n) is 19.2. The van der Waals surface area contributed by atoms with Crippen molar-refractivity contribution in [1.29, 1.82) is 0 Å². The van der Waals surface area contributed by atoms with Crippen LogP contribution in [0, 0.1) is 0 Å². The molecule has 0 bridgehead atoms. The molecule has 180 valence electrons. The minimum absolute atomic E-state index is 0.161. The second kappa shape index (κ2) is 11.5. The summed E-state index contributed by atoms with van der Waals surface area (Å²) in [5.74, 6) is 0.811. The molecule has 0 unspecified atom stereocenters. The molecule has 0 atom stereocenters. The fourth-order valence-electron chi connectivity index (χ4n) is 3.09. The lowest BCUT2D eigenvalue weighted by Crippen LogP contribution is -2.46. The van der Waals surface area contributed by atoms with E-state index in [1.54, 1.807) is 65.6 Å². The van der Waals surface area contributed by atoms with Crippen molar-refractivity contribution < 1.29 is 4.79 Å². The first-order valence-corrected chi connectivity index (χ1v) is 13.4. The van der Waals surface area contributed by atoms with Gasteiger partial charge < -0.3 is 20.2 Å². The van der Waals surface area contributed by atoms with Gasteiger partial charge in [-0.1, -0.05) is 18.2 Å². The largest absolute Gasteiger partial charge is 0.321 e. The molecule has 3 aromatic heterocycles. The normalized spacial score (nSPS) is 12.4. The van der Waals surface area contributed by atoms with E-state index in [1.165, 1.54) is 11.3 Å². The zero-order valence-corrected chi connectivity index (χ0v) is 21.6. The zero-order chi connectivity index (χ0) is 24.8. The van der Waals surface area contributed by atoms with Crippen LogP contribution >= 0.6 is 34.4 Å². The van der Waals surface area contributed by atoms with Gasteiger partial charge in [0.1, 0.15) is 10.7 Å². The van der Waals surface area contributed by atoms with Gasteiger partial charge in [0.25, 0.3) is 17.0 Å². The fourth-order valence-corrected chi connectivity index (χ4v) is 5.98. The van der Waals surface area contributed by atoms with Crippen molar-refractivity contribution in [3.05, 3.63) is 101 Å². The van der Waals surface area contributed by atoms with Gasteiger partial charge in [0.2, 0.25) is 0 Å². The molecule has 0 radical (unpaired) electrons. The summed E-state index contributed by atoms with van der Waals surface area (Å²) in [6.45, 7) is 0.985. The van der Waals surface area contributed by atoms with Gasteiger partial charge in [-0.2, -0.15) is 0 Å². The molecule has 35 heavy (non-hydrogen) atoms. The molecule has 0 fully saturated rings. The highest BCUT2D eigenvalue weighted by Gasteiger charge is 2.06. The van der Waals surface area contributed by atoms with E-state index in [1.807, 2.05) is 37.7 Å². The maximum atomic E-state index is 12.6. The van der Waals surface area contributed by atoms with Gasteiger partial charge in [-0.25, -0.2) is 0 Å². The fraction of sp³-hybridized carbons (Fsp3) is 0.160. The van der Waals surface area contributed by atoms with Crippen LogP contribution in [0.5, 0.6) is 0 Å². The summed E-state index contributed by atoms with van der Waals surface area (Å²) < 4.78 is 1.16. The van der Waals surface area contributed by atoms with Crippen molar-refractivity contribution in [3.8, 4) is 0 Å². The van der Waals surface area contributed by atoms with Crippen LogP contribution in [0.4, 0.5) is 5.69 Å². The van der Waals surface area contributed by atoms with Gasteiger partial charge in [0, 0.05) is 22.9 Å². The third-order valence-corrected chi connectivity index (χ3v) is 7.99. The molecule has 0 aliphatic heterocycles. The molecule has 1 aromatic carbocycles. The van der Waals surface area contributed by atoms with Crippen LogP contribution in [0.3, 0.4) is 0 Å². The SMILES string of the molecule is CN(C)CCSc1ccc(/C=c2\[nH]c(=O)/c(=C/c3ccc(NC(=O)c4cccs4)cc3)[nH]c2=O)s1. The highest BCUT2D eigenvalue weighted by atomic mass is 32.2. The van der Waals surface area contributed by atoms with Gasteiger partial charge in [-0.3, -0.25) is 14.4 Å².